The maximum Gasteiger partial charge on any atom is 0.0484 e. The van der Waals surface area contributed by atoms with Crippen molar-refractivity contribution < 1.29 is 4.74 Å². The van der Waals surface area contributed by atoms with E-state index >= 15 is 0 Å². The van der Waals surface area contributed by atoms with Gasteiger partial charge in [0.15, 0.2) is 0 Å². The first-order valence-corrected chi connectivity index (χ1v) is 7.16. The van der Waals surface area contributed by atoms with Crippen molar-refractivity contribution in [1.82, 2.24) is 4.90 Å². The molecule has 100 valence electrons. The summed E-state index contributed by atoms with van der Waals surface area (Å²) in [6.45, 7) is 3.44. The molecule has 0 aromatic heterocycles. The number of ether oxygens (including phenoxy) is 1. The summed E-state index contributed by atoms with van der Waals surface area (Å²) in [5.74, 6) is 0. The minimum atomic E-state index is -0.0843. The highest BCUT2D eigenvalue weighted by molar-refractivity contribution is 9.10. The van der Waals surface area contributed by atoms with E-state index in [2.05, 4.69) is 46.1 Å². The van der Waals surface area contributed by atoms with Crippen LogP contribution in [0.4, 0.5) is 0 Å². The average Bonchev–Trinajstić information content (AvgIpc) is 2.28. The molecule has 0 bridgehead atoms. The first-order chi connectivity index (χ1) is 8.57. The van der Waals surface area contributed by atoms with Gasteiger partial charge in [-0.15, -0.1) is 0 Å². The zero-order chi connectivity index (χ0) is 13.0. The van der Waals surface area contributed by atoms with Crippen molar-refractivity contribution in [3.05, 3.63) is 34.3 Å². The van der Waals surface area contributed by atoms with Crippen LogP contribution in [0.1, 0.15) is 18.4 Å². The molecule has 0 unspecified atom stereocenters. The number of hydrogen-bond donors (Lipinski definition) is 1. The van der Waals surface area contributed by atoms with Crippen LogP contribution in [0.25, 0.3) is 0 Å². The van der Waals surface area contributed by atoms with Crippen LogP contribution >= 0.6 is 15.9 Å². The molecule has 4 heteroatoms. The van der Waals surface area contributed by atoms with Gasteiger partial charge in [-0.2, -0.15) is 0 Å². The van der Waals surface area contributed by atoms with Crippen molar-refractivity contribution in [2.24, 2.45) is 5.73 Å². The van der Waals surface area contributed by atoms with Crippen molar-refractivity contribution >= 4 is 15.9 Å². The molecular formula is C14H21BrN2O. The molecule has 0 radical (unpaired) electrons. The molecule has 1 aromatic rings. The van der Waals surface area contributed by atoms with E-state index in [4.69, 9.17) is 10.5 Å². The van der Waals surface area contributed by atoms with Gasteiger partial charge in [0.2, 0.25) is 0 Å². The smallest absolute Gasteiger partial charge is 0.0484 e. The van der Waals surface area contributed by atoms with E-state index in [0.717, 1.165) is 43.6 Å². The third-order valence-electron chi connectivity index (χ3n) is 3.41. The second kappa shape index (κ2) is 6.15. The lowest BCUT2D eigenvalue weighted by Gasteiger charge is -2.36. The predicted molar refractivity (Wildman–Crippen MR) is 77.4 cm³/mol. The standard InChI is InChI=1S/C14H21BrN2O/c1-17(10-12-3-2-4-13(15)9-12)11-14(16)5-7-18-8-6-14/h2-4,9H,5-8,10-11,16H2,1H3. The van der Waals surface area contributed by atoms with E-state index in [9.17, 15) is 0 Å². The quantitative estimate of drug-likeness (QED) is 0.927. The molecule has 18 heavy (non-hydrogen) atoms. The number of nitrogens with two attached hydrogens (primary N) is 1. The molecule has 0 saturated carbocycles. The lowest BCUT2D eigenvalue weighted by atomic mass is 9.91. The molecular weight excluding hydrogens is 292 g/mol. The number of halogens is 1. The van der Waals surface area contributed by atoms with Crippen LogP contribution in [0.15, 0.2) is 28.7 Å². The maximum absolute atomic E-state index is 6.41. The van der Waals surface area contributed by atoms with Crippen LogP contribution in [0, 0.1) is 0 Å². The molecule has 0 atom stereocenters. The summed E-state index contributed by atoms with van der Waals surface area (Å²) in [5, 5.41) is 0. The van der Waals surface area contributed by atoms with Gasteiger partial charge in [-0.25, -0.2) is 0 Å². The Hall–Kier alpha value is -0.420. The number of nitrogens with zero attached hydrogens (tertiary/aromatic N) is 1. The Kier molecular flexibility index (Phi) is 4.78. The molecule has 1 aromatic carbocycles. The number of hydrogen-bond acceptors (Lipinski definition) is 3. The maximum atomic E-state index is 6.41. The topological polar surface area (TPSA) is 38.5 Å². The summed E-state index contributed by atoms with van der Waals surface area (Å²) in [6.07, 6.45) is 1.91. The highest BCUT2D eigenvalue weighted by atomic mass is 79.9. The predicted octanol–water partition coefficient (Wildman–Crippen LogP) is 2.39. The first-order valence-electron chi connectivity index (χ1n) is 6.37. The minimum absolute atomic E-state index is 0.0843. The summed E-state index contributed by atoms with van der Waals surface area (Å²) >= 11 is 3.50. The van der Waals surface area contributed by atoms with Gasteiger partial charge in [-0.05, 0) is 37.6 Å². The van der Waals surface area contributed by atoms with Gasteiger partial charge in [0.05, 0.1) is 0 Å². The molecule has 1 heterocycles. The van der Waals surface area contributed by atoms with E-state index in [0.29, 0.717) is 0 Å². The molecule has 1 aliphatic heterocycles. The minimum Gasteiger partial charge on any atom is -0.381 e. The summed E-state index contributed by atoms with van der Waals surface area (Å²) < 4.78 is 6.50. The van der Waals surface area contributed by atoms with Crippen molar-refractivity contribution in [3.63, 3.8) is 0 Å². The van der Waals surface area contributed by atoms with Crippen LogP contribution in [0.5, 0.6) is 0 Å². The fourth-order valence-corrected chi connectivity index (χ4v) is 2.92. The molecule has 1 saturated heterocycles. The second-order valence-corrected chi connectivity index (χ2v) is 6.19. The Morgan fingerprint density at radius 1 is 1.39 bits per heavy atom. The lowest BCUT2D eigenvalue weighted by Crippen LogP contribution is -2.52. The Morgan fingerprint density at radius 3 is 2.78 bits per heavy atom. The van der Waals surface area contributed by atoms with Gasteiger partial charge >= 0.3 is 0 Å². The summed E-state index contributed by atoms with van der Waals surface area (Å²) in [4.78, 5) is 2.30. The zero-order valence-electron chi connectivity index (χ0n) is 10.9. The monoisotopic (exact) mass is 312 g/mol. The van der Waals surface area contributed by atoms with Crippen LogP contribution in [-0.4, -0.2) is 37.2 Å². The largest absolute Gasteiger partial charge is 0.381 e. The van der Waals surface area contributed by atoms with Gasteiger partial charge < -0.3 is 15.4 Å². The van der Waals surface area contributed by atoms with Gasteiger partial charge in [-0.3, -0.25) is 0 Å². The molecule has 0 aliphatic carbocycles. The summed E-state index contributed by atoms with van der Waals surface area (Å²) in [6, 6.07) is 8.42. The number of benzene rings is 1. The third kappa shape index (κ3) is 4.05. The highest BCUT2D eigenvalue weighted by Gasteiger charge is 2.29. The van der Waals surface area contributed by atoms with Gasteiger partial charge in [0, 0.05) is 36.3 Å². The molecule has 1 aliphatic rings. The Balaban J connectivity index is 1.90. The molecule has 2 rings (SSSR count). The van der Waals surface area contributed by atoms with E-state index < -0.39 is 0 Å². The number of rotatable bonds is 4. The fraction of sp³-hybridized carbons (Fsp3) is 0.571. The van der Waals surface area contributed by atoms with E-state index in [-0.39, 0.29) is 5.54 Å². The van der Waals surface area contributed by atoms with Crippen molar-refractivity contribution in [2.75, 3.05) is 26.8 Å². The van der Waals surface area contributed by atoms with E-state index in [1.165, 1.54) is 5.56 Å². The van der Waals surface area contributed by atoms with E-state index in [1.54, 1.807) is 0 Å². The van der Waals surface area contributed by atoms with Crippen LogP contribution in [0.3, 0.4) is 0 Å². The van der Waals surface area contributed by atoms with Crippen molar-refractivity contribution in [1.29, 1.82) is 0 Å². The average molecular weight is 313 g/mol. The van der Waals surface area contributed by atoms with Gasteiger partial charge in [-0.1, -0.05) is 28.1 Å². The Bertz CT molecular complexity index is 391. The Labute approximate surface area is 117 Å². The Morgan fingerprint density at radius 2 is 2.11 bits per heavy atom. The molecule has 1 fully saturated rings. The molecule has 2 N–H and O–H groups in total. The van der Waals surface area contributed by atoms with Crippen molar-refractivity contribution in [3.8, 4) is 0 Å². The molecule has 3 nitrogen and oxygen atoms in total. The zero-order valence-corrected chi connectivity index (χ0v) is 12.4. The third-order valence-corrected chi connectivity index (χ3v) is 3.91. The molecule has 0 spiro atoms. The van der Waals surface area contributed by atoms with Gasteiger partial charge in [0.25, 0.3) is 0 Å². The van der Waals surface area contributed by atoms with Crippen molar-refractivity contribution in [2.45, 2.75) is 24.9 Å². The molecule has 0 amide bonds. The fourth-order valence-electron chi connectivity index (χ4n) is 2.48. The summed E-state index contributed by atoms with van der Waals surface area (Å²) in [5.41, 5.74) is 7.64. The lowest BCUT2D eigenvalue weighted by molar-refractivity contribution is 0.0402. The van der Waals surface area contributed by atoms with Crippen LogP contribution in [-0.2, 0) is 11.3 Å². The SMILES string of the molecule is CN(Cc1cccc(Br)c1)CC1(N)CCOCC1. The van der Waals surface area contributed by atoms with Crippen LogP contribution < -0.4 is 5.73 Å². The first kappa shape index (κ1) is 14.0. The summed E-state index contributed by atoms with van der Waals surface area (Å²) in [7, 11) is 2.13. The number of likely N-dealkylation sites (N-methyl/N-ethyl adjacent to an activating group) is 1. The van der Waals surface area contributed by atoms with E-state index in [1.807, 2.05) is 6.07 Å². The second-order valence-electron chi connectivity index (χ2n) is 5.28. The highest BCUT2D eigenvalue weighted by Crippen LogP contribution is 2.20. The normalized spacial score (nSPS) is 19.1. The van der Waals surface area contributed by atoms with Crippen LogP contribution in [0.2, 0.25) is 0 Å². The van der Waals surface area contributed by atoms with Gasteiger partial charge in [0.1, 0.15) is 0 Å².